The van der Waals surface area contributed by atoms with E-state index < -0.39 is 9.84 Å². The summed E-state index contributed by atoms with van der Waals surface area (Å²) in [7, 11) is -3.09. The van der Waals surface area contributed by atoms with Gasteiger partial charge in [-0.25, -0.2) is 8.42 Å². The quantitative estimate of drug-likeness (QED) is 0.730. The maximum atomic E-state index is 11.8. The minimum Gasteiger partial charge on any atom is -0.228 e. The van der Waals surface area contributed by atoms with Crippen molar-refractivity contribution < 1.29 is 8.42 Å². The molecule has 3 nitrogen and oxygen atoms in total. The average Bonchev–Trinajstić information content (AvgIpc) is 2.29. The predicted octanol–water partition coefficient (Wildman–Crippen LogP) is 2.66. The molecule has 0 atom stereocenters. The van der Waals surface area contributed by atoms with Gasteiger partial charge < -0.3 is 0 Å². The van der Waals surface area contributed by atoms with E-state index in [1.165, 1.54) is 0 Å². The molecule has 0 N–H and O–H groups in total. The number of hydrogen-bond donors (Lipinski definition) is 0. The fraction of sp³-hybridized carbons (Fsp3) is 0.462. The maximum absolute atomic E-state index is 11.8. The van der Waals surface area contributed by atoms with E-state index in [0.717, 1.165) is 12.8 Å². The minimum absolute atomic E-state index is 0.0273. The zero-order chi connectivity index (χ0) is 12.7. The average molecular weight is 251 g/mol. The zero-order valence-corrected chi connectivity index (χ0v) is 10.8. The summed E-state index contributed by atoms with van der Waals surface area (Å²) in [4.78, 5) is 0. The van der Waals surface area contributed by atoms with Crippen LogP contribution in [0.3, 0.4) is 0 Å². The Bertz CT molecular complexity index is 500. The molecule has 0 spiro atoms. The third-order valence-corrected chi connectivity index (χ3v) is 4.23. The lowest BCUT2D eigenvalue weighted by molar-refractivity contribution is 0.590. The highest BCUT2D eigenvalue weighted by atomic mass is 32.2. The number of nitriles is 1. The molecule has 17 heavy (non-hydrogen) atoms. The first kappa shape index (κ1) is 13.7. The first-order chi connectivity index (χ1) is 8.09. The van der Waals surface area contributed by atoms with Gasteiger partial charge >= 0.3 is 0 Å². The lowest BCUT2D eigenvalue weighted by Gasteiger charge is -2.05. The van der Waals surface area contributed by atoms with Crippen molar-refractivity contribution in [1.82, 2.24) is 0 Å². The fourth-order valence-corrected chi connectivity index (χ4v) is 3.15. The van der Waals surface area contributed by atoms with Crippen LogP contribution in [0.15, 0.2) is 24.3 Å². The molecule has 0 saturated heterocycles. The Morgan fingerprint density at radius 2 is 1.94 bits per heavy atom. The van der Waals surface area contributed by atoms with Crippen LogP contribution in [0.1, 0.15) is 37.3 Å². The highest BCUT2D eigenvalue weighted by Crippen LogP contribution is 2.13. The van der Waals surface area contributed by atoms with Crippen LogP contribution in [0.25, 0.3) is 0 Å². The molecule has 0 aliphatic carbocycles. The monoisotopic (exact) mass is 251 g/mol. The van der Waals surface area contributed by atoms with Gasteiger partial charge in [0.05, 0.1) is 23.1 Å². The SMILES string of the molecule is CCCCCS(=O)(=O)Cc1ccccc1C#N. The molecular formula is C13H17NO2S. The minimum atomic E-state index is -3.09. The Labute approximate surface area is 103 Å². The normalized spacial score (nSPS) is 11.1. The van der Waals surface area contributed by atoms with Crippen molar-refractivity contribution >= 4 is 9.84 Å². The second kappa shape index (κ2) is 6.41. The van der Waals surface area contributed by atoms with Crippen LogP contribution in [0.2, 0.25) is 0 Å². The standard InChI is InChI=1S/C13H17NO2S/c1-2-3-6-9-17(15,16)11-13-8-5-4-7-12(13)10-14/h4-5,7-8H,2-3,6,9,11H2,1H3. The lowest BCUT2D eigenvalue weighted by Crippen LogP contribution is -2.10. The number of unbranched alkanes of at least 4 members (excludes halogenated alkanes) is 2. The van der Waals surface area contributed by atoms with Gasteiger partial charge in [0, 0.05) is 0 Å². The molecule has 0 amide bonds. The molecule has 0 saturated carbocycles. The van der Waals surface area contributed by atoms with Crippen molar-refractivity contribution in [3.05, 3.63) is 35.4 Å². The summed E-state index contributed by atoms with van der Waals surface area (Å²) in [6.45, 7) is 2.04. The van der Waals surface area contributed by atoms with Crippen LogP contribution >= 0.6 is 0 Å². The highest BCUT2D eigenvalue weighted by Gasteiger charge is 2.13. The zero-order valence-electron chi connectivity index (χ0n) is 10.0. The van der Waals surface area contributed by atoms with Crippen molar-refractivity contribution in [2.45, 2.75) is 31.9 Å². The summed E-state index contributed by atoms with van der Waals surface area (Å²) in [6.07, 6.45) is 2.64. The van der Waals surface area contributed by atoms with Gasteiger partial charge in [0.15, 0.2) is 9.84 Å². The summed E-state index contributed by atoms with van der Waals surface area (Å²) in [5.41, 5.74) is 1.05. The topological polar surface area (TPSA) is 57.9 Å². The van der Waals surface area contributed by atoms with Gasteiger partial charge in [0.2, 0.25) is 0 Å². The summed E-state index contributed by atoms with van der Waals surface area (Å²) in [5.74, 6) is 0.182. The Hall–Kier alpha value is -1.34. The van der Waals surface area contributed by atoms with E-state index >= 15 is 0 Å². The van der Waals surface area contributed by atoms with E-state index in [2.05, 4.69) is 0 Å². The Balaban J connectivity index is 2.73. The number of sulfone groups is 1. The molecule has 1 rings (SSSR count). The highest BCUT2D eigenvalue weighted by molar-refractivity contribution is 7.90. The third kappa shape index (κ3) is 4.58. The number of benzene rings is 1. The van der Waals surface area contributed by atoms with Crippen LogP contribution in [0.5, 0.6) is 0 Å². The molecule has 0 aliphatic heterocycles. The van der Waals surface area contributed by atoms with E-state index in [1.54, 1.807) is 24.3 Å². The third-order valence-electron chi connectivity index (χ3n) is 2.57. The van der Waals surface area contributed by atoms with Crippen LogP contribution < -0.4 is 0 Å². The second-order valence-corrected chi connectivity index (χ2v) is 6.25. The lowest BCUT2D eigenvalue weighted by atomic mass is 10.1. The number of nitrogens with zero attached hydrogens (tertiary/aromatic N) is 1. The van der Waals surface area contributed by atoms with Crippen LogP contribution in [-0.4, -0.2) is 14.2 Å². The number of rotatable bonds is 6. The Morgan fingerprint density at radius 3 is 2.59 bits per heavy atom. The van der Waals surface area contributed by atoms with Crippen molar-refractivity contribution in [2.75, 3.05) is 5.75 Å². The van der Waals surface area contributed by atoms with Gasteiger partial charge in [-0.05, 0) is 18.1 Å². The second-order valence-electron chi connectivity index (χ2n) is 4.07. The molecule has 0 bridgehead atoms. The maximum Gasteiger partial charge on any atom is 0.154 e. The van der Waals surface area contributed by atoms with E-state index in [-0.39, 0.29) is 11.5 Å². The molecule has 0 heterocycles. The van der Waals surface area contributed by atoms with Crippen molar-refractivity contribution in [3.8, 4) is 6.07 Å². The summed E-state index contributed by atoms with van der Waals surface area (Å²) in [5, 5.41) is 8.88. The smallest absolute Gasteiger partial charge is 0.154 e. The Kier molecular flexibility index (Phi) is 5.17. The van der Waals surface area contributed by atoms with Crippen LogP contribution in [-0.2, 0) is 15.6 Å². The molecule has 4 heteroatoms. The first-order valence-electron chi connectivity index (χ1n) is 5.77. The largest absolute Gasteiger partial charge is 0.228 e. The van der Waals surface area contributed by atoms with Gasteiger partial charge in [0.1, 0.15) is 0 Å². The van der Waals surface area contributed by atoms with Gasteiger partial charge in [-0.15, -0.1) is 0 Å². The van der Waals surface area contributed by atoms with E-state index in [4.69, 9.17) is 5.26 Å². The molecule has 1 aromatic rings. The van der Waals surface area contributed by atoms with Crippen LogP contribution in [0, 0.1) is 11.3 Å². The van der Waals surface area contributed by atoms with Crippen LogP contribution in [0.4, 0.5) is 0 Å². The molecule has 0 unspecified atom stereocenters. The molecule has 0 fully saturated rings. The summed E-state index contributed by atoms with van der Waals surface area (Å²) >= 11 is 0. The number of hydrogen-bond acceptors (Lipinski definition) is 3. The summed E-state index contributed by atoms with van der Waals surface area (Å²) < 4.78 is 23.7. The summed E-state index contributed by atoms with van der Waals surface area (Å²) in [6, 6.07) is 8.88. The van der Waals surface area contributed by atoms with E-state index in [1.807, 2.05) is 13.0 Å². The van der Waals surface area contributed by atoms with Gasteiger partial charge in [-0.2, -0.15) is 5.26 Å². The molecule has 92 valence electrons. The molecular weight excluding hydrogens is 234 g/mol. The van der Waals surface area contributed by atoms with Gasteiger partial charge in [-0.3, -0.25) is 0 Å². The van der Waals surface area contributed by atoms with Gasteiger partial charge in [-0.1, -0.05) is 38.0 Å². The first-order valence-corrected chi connectivity index (χ1v) is 7.59. The van der Waals surface area contributed by atoms with Crippen molar-refractivity contribution in [1.29, 1.82) is 5.26 Å². The van der Waals surface area contributed by atoms with Crippen molar-refractivity contribution in [3.63, 3.8) is 0 Å². The van der Waals surface area contributed by atoms with E-state index in [0.29, 0.717) is 17.5 Å². The van der Waals surface area contributed by atoms with Crippen molar-refractivity contribution in [2.24, 2.45) is 0 Å². The molecule has 1 aromatic carbocycles. The molecule has 0 aliphatic rings. The molecule has 0 aromatic heterocycles. The van der Waals surface area contributed by atoms with Gasteiger partial charge in [0.25, 0.3) is 0 Å². The molecule has 0 radical (unpaired) electrons. The fourth-order valence-electron chi connectivity index (χ4n) is 1.64. The Morgan fingerprint density at radius 1 is 1.24 bits per heavy atom. The predicted molar refractivity (Wildman–Crippen MR) is 68.2 cm³/mol. The van der Waals surface area contributed by atoms with E-state index in [9.17, 15) is 8.42 Å².